The summed E-state index contributed by atoms with van der Waals surface area (Å²) < 4.78 is 27.3. The van der Waals surface area contributed by atoms with Crippen LogP contribution in [0.4, 0.5) is 0 Å². The number of carbonyl (C=O) groups excluding carboxylic acids is 1. The molecule has 1 aliphatic heterocycles. The fourth-order valence-corrected chi connectivity index (χ4v) is 3.38. The fraction of sp³-hybridized carbons (Fsp3) is 0.567. The van der Waals surface area contributed by atoms with Crippen LogP contribution in [0.1, 0.15) is 67.7 Å². The first-order valence-electron chi connectivity index (χ1n) is 13.0. The standard InChI is InChI=1S/C30H47BO6/c1-24(21-22-31-36-29(4,5)30(6,7)37-31)17-15-13-11-10-12-14-16-18-27(34-9)25(2)19-20-26(3)28(32)35-23-33-8/h10,12,14-17,19-22,24,27H,11,13,18,23H2,1-9H3/b12-10+,16-14-,17-15+,22-21+,25-19-,26-20+. The zero-order chi connectivity index (χ0) is 27.9. The number of unbranched alkanes of at least 4 members (excludes halogenated alkanes) is 1. The van der Waals surface area contributed by atoms with E-state index in [9.17, 15) is 4.79 Å². The van der Waals surface area contributed by atoms with Gasteiger partial charge in [-0.05, 0) is 72.3 Å². The van der Waals surface area contributed by atoms with Crippen LogP contribution in [-0.2, 0) is 28.3 Å². The Labute approximate surface area is 225 Å². The third-order valence-electron chi connectivity index (χ3n) is 6.53. The maximum Gasteiger partial charge on any atom is 0.486 e. The first-order chi connectivity index (χ1) is 17.4. The average molecular weight is 515 g/mol. The van der Waals surface area contributed by atoms with E-state index >= 15 is 0 Å². The topological polar surface area (TPSA) is 63.2 Å². The van der Waals surface area contributed by atoms with Crippen LogP contribution in [0.25, 0.3) is 0 Å². The van der Waals surface area contributed by atoms with Crippen molar-refractivity contribution in [2.45, 2.75) is 85.0 Å². The van der Waals surface area contributed by atoms with Gasteiger partial charge in [-0.2, -0.15) is 0 Å². The van der Waals surface area contributed by atoms with Crippen molar-refractivity contribution in [1.29, 1.82) is 0 Å². The highest BCUT2D eigenvalue weighted by Gasteiger charge is 2.49. The van der Waals surface area contributed by atoms with E-state index in [1.165, 1.54) is 7.11 Å². The maximum absolute atomic E-state index is 11.8. The average Bonchev–Trinajstić information content (AvgIpc) is 3.06. The molecule has 0 aliphatic carbocycles. The normalized spacial score (nSPS) is 20.1. The van der Waals surface area contributed by atoms with Crippen molar-refractivity contribution >= 4 is 13.1 Å². The van der Waals surface area contributed by atoms with Gasteiger partial charge in [0, 0.05) is 19.8 Å². The number of esters is 1. The first kappa shape index (κ1) is 32.8. The number of hydrogen-bond acceptors (Lipinski definition) is 6. The first-order valence-corrected chi connectivity index (χ1v) is 13.0. The molecule has 0 aromatic heterocycles. The molecule has 7 heteroatoms. The smallest absolute Gasteiger partial charge is 0.435 e. The van der Waals surface area contributed by atoms with E-state index < -0.39 is 5.97 Å². The Morgan fingerprint density at radius 3 is 2.16 bits per heavy atom. The van der Waals surface area contributed by atoms with Gasteiger partial charge in [0.2, 0.25) is 0 Å². The van der Waals surface area contributed by atoms with Crippen molar-refractivity contribution in [3.8, 4) is 0 Å². The molecular weight excluding hydrogens is 467 g/mol. The highest BCUT2D eigenvalue weighted by molar-refractivity contribution is 6.51. The van der Waals surface area contributed by atoms with Crippen molar-refractivity contribution in [2.24, 2.45) is 5.92 Å². The molecule has 1 aliphatic rings. The SMILES string of the molecule is COCOC(=O)/C(C)=C/C=C(/C)C(C/C=C\C=C\CC/C=C/C(C)/C=C/B1OC(C)(C)C(C)(C)O1)OC. The molecule has 0 N–H and O–H groups in total. The van der Waals surface area contributed by atoms with Gasteiger partial charge in [-0.3, -0.25) is 0 Å². The van der Waals surface area contributed by atoms with Crippen molar-refractivity contribution in [3.05, 3.63) is 71.8 Å². The molecule has 0 aromatic carbocycles. The summed E-state index contributed by atoms with van der Waals surface area (Å²) in [7, 11) is 2.87. The molecule has 37 heavy (non-hydrogen) atoms. The van der Waals surface area contributed by atoms with Gasteiger partial charge in [0.25, 0.3) is 0 Å². The minimum absolute atomic E-state index is 0.0536. The summed E-state index contributed by atoms with van der Waals surface area (Å²) in [6.45, 7) is 14.1. The molecule has 1 rings (SSSR count). The number of allylic oxidation sites excluding steroid dienone is 8. The second kappa shape index (κ2) is 16.6. The summed E-state index contributed by atoms with van der Waals surface area (Å²) in [4.78, 5) is 11.8. The summed E-state index contributed by atoms with van der Waals surface area (Å²) in [6.07, 6.45) is 21.2. The molecule has 2 atom stereocenters. The minimum atomic E-state index is -0.396. The van der Waals surface area contributed by atoms with Crippen LogP contribution >= 0.6 is 0 Å². The predicted molar refractivity (Wildman–Crippen MR) is 152 cm³/mol. The lowest BCUT2D eigenvalue weighted by molar-refractivity contribution is -0.149. The molecule has 6 nitrogen and oxygen atoms in total. The Bertz CT molecular complexity index is 863. The van der Waals surface area contributed by atoms with Crippen LogP contribution in [0.3, 0.4) is 0 Å². The second-order valence-corrected chi connectivity index (χ2v) is 10.3. The summed E-state index contributed by atoms with van der Waals surface area (Å²) in [5.74, 6) is 1.93. The highest BCUT2D eigenvalue weighted by atomic mass is 16.7. The van der Waals surface area contributed by atoms with Crippen LogP contribution in [0.2, 0.25) is 0 Å². The lowest BCUT2D eigenvalue weighted by atomic mass is 9.88. The van der Waals surface area contributed by atoms with Crippen LogP contribution in [0.15, 0.2) is 71.8 Å². The van der Waals surface area contributed by atoms with E-state index in [0.717, 1.165) is 24.8 Å². The van der Waals surface area contributed by atoms with Crippen molar-refractivity contribution in [2.75, 3.05) is 21.0 Å². The van der Waals surface area contributed by atoms with E-state index in [1.807, 2.05) is 25.1 Å². The largest absolute Gasteiger partial charge is 0.486 e. The van der Waals surface area contributed by atoms with Gasteiger partial charge in [0.15, 0.2) is 6.79 Å². The van der Waals surface area contributed by atoms with Crippen LogP contribution in [0.5, 0.6) is 0 Å². The molecule has 0 saturated carbocycles. The van der Waals surface area contributed by atoms with Crippen LogP contribution in [0, 0.1) is 5.92 Å². The summed E-state index contributed by atoms with van der Waals surface area (Å²) in [6, 6.07) is 0. The number of rotatable bonds is 15. The monoisotopic (exact) mass is 514 g/mol. The molecule has 206 valence electrons. The van der Waals surface area contributed by atoms with Gasteiger partial charge in [0.05, 0.1) is 17.3 Å². The fourth-order valence-electron chi connectivity index (χ4n) is 3.38. The van der Waals surface area contributed by atoms with Crippen LogP contribution < -0.4 is 0 Å². The quantitative estimate of drug-likeness (QED) is 0.0461. The Morgan fingerprint density at radius 1 is 0.919 bits per heavy atom. The van der Waals surface area contributed by atoms with Gasteiger partial charge in [-0.25, -0.2) is 4.79 Å². The Balaban J connectivity index is 2.37. The summed E-state index contributed by atoms with van der Waals surface area (Å²) >= 11 is 0. The van der Waals surface area contributed by atoms with Crippen molar-refractivity contribution < 1.29 is 28.3 Å². The number of ether oxygens (including phenoxy) is 3. The van der Waals surface area contributed by atoms with Crippen molar-refractivity contribution in [3.63, 3.8) is 0 Å². The molecule has 2 unspecified atom stereocenters. The van der Waals surface area contributed by atoms with Crippen molar-refractivity contribution in [1.82, 2.24) is 0 Å². The number of hydrogen-bond donors (Lipinski definition) is 0. The van der Waals surface area contributed by atoms with Crippen LogP contribution in [-0.4, -0.2) is 51.4 Å². The van der Waals surface area contributed by atoms with Gasteiger partial charge in [0.1, 0.15) is 0 Å². The molecule has 0 aromatic rings. The summed E-state index contributed by atoms with van der Waals surface area (Å²) in [5.41, 5.74) is 0.927. The number of carbonyl (C=O) groups is 1. The molecular formula is C30H47BO6. The summed E-state index contributed by atoms with van der Waals surface area (Å²) in [5, 5.41) is 0. The predicted octanol–water partition coefficient (Wildman–Crippen LogP) is 6.70. The Morgan fingerprint density at radius 2 is 1.54 bits per heavy atom. The van der Waals surface area contributed by atoms with E-state index in [-0.39, 0.29) is 31.2 Å². The lowest BCUT2D eigenvalue weighted by Crippen LogP contribution is -2.41. The minimum Gasteiger partial charge on any atom is -0.435 e. The second-order valence-electron chi connectivity index (χ2n) is 10.3. The number of methoxy groups -OCH3 is 2. The van der Waals surface area contributed by atoms with E-state index in [0.29, 0.717) is 11.5 Å². The molecule has 1 fully saturated rings. The lowest BCUT2D eigenvalue weighted by Gasteiger charge is -2.32. The van der Waals surface area contributed by atoms with Gasteiger partial charge in [-0.15, -0.1) is 0 Å². The van der Waals surface area contributed by atoms with Gasteiger partial charge in [-0.1, -0.05) is 67.6 Å². The molecule has 0 amide bonds. The molecule has 1 saturated heterocycles. The third-order valence-corrected chi connectivity index (χ3v) is 6.53. The molecule has 0 bridgehead atoms. The molecule has 0 radical (unpaired) electrons. The molecule has 1 heterocycles. The maximum atomic E-state index is 11.8. The zero-order valence-electron chi connectivity index (χ0n) is 24.3. The molecule has 0 spiro atoms. The highest BCUT2D eigenvalue weighted by Crippen LogP contribution is 2.36. The Kier molecular flexibility index (Phi) is 14.7. The van der Waals surface area contributed by atoms with E-state index in [2.05, 4.69) is 71.1 Å². The zero-order valence-corrected chi connectivity index (χ0v) is 24.3. The third kappa shape index (κ3) is 12.3. The Hall–Kier alpha value is -2.19. The van der Waals surface area contributed by atoms with Gasteiger partial charge >= 0.3 is 13.1 Å². The van der Waals surface area contributed by atoms with Gasteiger partial charge < -0.3 is 23.5 Å². The van der Waals surface area contributed by atoms with E-state index in [1.54, 1.807) is 20.1 Å². The van der Waals surface area contributed by atoms with E-state index in [4.69, 9.17) is 23.5 Å².